The summed E-state index contributed by atoms with van der Waals surface area (Å²) in [6.45, 7) is 7.06. The zero-order valence-corrected chi connectivity index (χ0v) is 11.9. The van der Waals surface area contributed by atoms with Crippen LogP contribution in [0.3, 0.4) is 0 Å². The first-order valence-corrected chi connectivity index (χ1v) is 6.61. The van der Waals surface area contributed by atoms with Crippen molar-refractivity contribution in [2.75, 3.05) is 6.54 Å². The standard InChI is InChI=1S/C13H22N2O4/c1-8(2)19-13(18)11-6-5-7-15(11)12(17)9(3)14-10(4)16/h8-9,11H,5-7H2,1-4H3,(H,14,16)/t9-,11-/m0/s1. The van der Waals surface area contributed by atoms with E-state index in [0.29, 0.717) is 13.0 Å². The van der Waals surface area contributed by atoms with Gasteiger partial charge in [-0.1, -0.05) is 0 Å². The number of esters is 1. The lowest BCUT2D eigenvalue weighted by atomic mass is 10.2. The molecule has 1 fully saturated rings. The first-order valence-electron chi connectivity index (χ1n) is 6.61. The number of hydrogen-bond acceptors (Lipinski definition) is 4. The van der Waals surface area contributed by atoms with Gasteiger partial charge in [0.2, 0.25) is 11.8 Å². The third-order valence-corrected chi connectivity index (χ3v) is 2.95. The first-order chi connectivity index (χ1) is 8.82. The van der Waals surface area contributed by atoms with E-state index < -0.39 is 12.1 Å². The van der Waals surface area contributed by atoms with Crippen LogP contribution in [0.2, 0.25) is 0 Å². The molecule has 0 aliphatic carbocycles. The van der Waals surface area contributed by atoms with Gasteiger partial charge in [0.05, 0.1) is 6.10 Å². The van der Waals surface area contributed by atoms with Gasteiger partial charge in [0.1, 0.15) is 12.1 Å². The van der Waals surface area contributed by atoms with Crippen LogP contribution in [0, 0.1) is 0 Å². The predicted molar refractivity (Wildman–Crippen MR) is 69.2 cm³/mol. The van der Waals surface area contributed by atoms with E-state index in [4.69, 9.17) is 4.74 Å². The number of rotatable bonds is 4. The Kier molecular flexibility index (Phi) is 5.32. The fourth-order valence-corrected chi connectivity index (χ4v) is 2.20. The van der Waals surface area contributed by atoms with Gasteiger partial charge in [-0.25, -0.2) is 4.79 Å². The lowest BCUT2D eigenvalue weighted by Gasteiger charge is -2.26. The van der Waals surface area contributed by atoms with E-state index >= 15 is 0 Å². The Labute approximate surface area is 113 Å². The number of carbonyl (C=O) groups excluding carboxylic acids is 3. The zero-order chi connectivity index (χ0) is 14.6. The molecule has 1 saturated heterocycles. The third-order valence-electron chi connectivity index (χ3n) is 2.95. The van der Waals surface area contributed by atoms with Gasteiger partial charge in [-0.05, 0) is 33.6 Å². The summed E-state index contributed by atoms with van der Waals surface area (Å²) in [7, 11) is 0. The van der Waals surface area contributed by atoms with E-state index in [1.165, 1.54) is 11.8 Å². The van der Waals surface area contributed by atoms with E-state index in [-0.39, 0.29) is 23.9 Å². The maximum absolute atomic E-state index is 12.2. The molecule has 2 atom stereocenters. The van der Waals surface area contributed by atoms with E-state index in [1.54, 1.807) is 20.8 Å². The van der Waals surface area contributed by atoms with Crippen LogP contribution < -0.4 is 5.32 Å². The van der Waals surface area contributed by atoms with Crippen LogP contribution >= 0.6 is 0 Å². The molecule has 1 rings (SSSR count). The van der Waals surface area contributed by atoms with Crippen molar-refractivity contribution in [2.45, 2.75) is 58.7 Å². The Hall–Kier alpha value is -1.59. The van der Waals surface area contributed by atoms with Crippen molar-refractivity contribution in [3.63, 3.8) is 0 Å². The number of carbonyl (C=O) groups is 3. The second-order valence-electron chi connectivity index (χ2n) is 5.10. The summed E-state index contributed by atoms with van der Waals surface area (Å²) in [5.74, 6) is -0.865. The molecule has 0 bridgehead atoms. The summed E-state index contributed by atoms with van der Waals surface area (Å²) >= 11 is 0. The highest BCUT2D eigenvalue weighted by atomic mass is 16.5. The molecule has 6 nitrogen and oxygen atoms in total. The van der Waals surface area contributed by atoms with Crippen LogP contribution in [-0.2, 0) is 19.1 Å². The topological polar surface area (TPSA) is 75.7 Å². The fraction of sp³-hybridized carbons (Fsp3) is 0.769. The van der Waals surface area contributed by atoms with Crippen LogP contribution in [0.4, 0.5) is 0 Å². The van der Waals surface area contributed by atoms with Gasteiger partial charge in [0, 0.05) is 13.5 Å². The van der Waals surface area contributed by atoms with Crippen LogP contribution in [0.25, 0.3) is 0 Å². The molecule has 1 aliphatic rings. The molecule has 0 aromatic carbocycles. The molecule has 6 heteroatoms. The summed E-state index contributed by atoms with van der Waals surface area (Å²) in [4.78, 5) is 36.6. The zero-order valence-electron chi connectivity index (χ0n) is 11.9. The summed E-state index contributed by atoms with van der Waals surface area (Å²) in [6, 6.07) is -1.14. The van der Waals surface area contributed by atoms with Crippen molar-refractivity contribution in [3.8, 4) is 0 Å². The molecular weight excluding hydrogens is 248 g/mol. The van der Waals surface area contributed by atoms with Gasteiger partial charge in [0.25, 0.3) is 0 Å². The summed E-state index contributed by atoms with van der Waals surface area (Å²) in [5.41, 5.74) is 0. The Morgan fingerprint density at radius 2 is 1.89 bits per heavy atom. The average Bonchev–Trinajstić information content (AvgIpc) is 2.74. The Morgan fingerprint density at radius 3 is 2.42 bits per heavy atom. The maximum Gasteiger partial charge on any atom is 0.329 e. The van der Waals surface area contributed by atoms with Crippen molar-refractivity contribution < 1.29 is 19.1 Å². The maximum atomic E-state index is 12.2. The van der Waals surface area contributed by atoms with Gasteiger partial charge in [-0.2, -0.15) is 0 Å². The van der Waals surface area contributed by atoms with Gasteiger partial charge in [-0.3, -0.25) is 9.59 Å². The molecule has 0 aromatic rings. The minimum Gasteiger partial charge on any atom is -0.461 e. The van der Waals surface area contributed by atoms with Crippen molar-refractivity contribution in [3.05, 3.63) is 0 Å². The second-order valence-corrected chi connectivity index (χ2v) is 5.10. The highest BCUT2D eigenvalue weighted by Gasteiger charge is 2.37. The third kappa shape index (κ3) is 4.22. The molecule has 2 amide bonds. The summed E-state index contributed by atoms with van der Waals surface area (Å²) in [6.07, 6.45) is 1.19. The number of amides is 2. The molecule has 108 valence electrons. The molecule has 19 heavy (non-hydrogen) atoms. The highest BCUT2D eigenvalue weighted by Crippen LogP contribution is 2.20. The smallest absolute Gasteiger partial charge is 0.329 e. The number of nitrogens with one attached hydrogen (secondary N) is 1. The van der Waals surface area contributed by atoms with Crippen molar-refractivity contribution >= 4 is 17.8 Å². The van der Waals surface area contributed by atoms with E-state index in [1.807, 2.05) is 0 Å². The highest BCUT2D eigenvalue weighted by molar-refractivity contribution is 5.90. The van der Waals surface area contributed by atoms with Crippen LogP contribution in [0.5, 0.6) is 0 Å². The second kappa shape index (κ2) is 6.54. The summed E-state index contributed by atoms with van der Waals surface area (Å²) in [5, 5.41) is 2.54. The molecule has 1 aliphatic heterocycles. The number of ether oxygens (including phenoxy) is 1. The lowest BCUT2D eigenvalue weighted by Crippen LogP contribution is -2.50. The number of likely N-dealkylation sites (tertiary alicyclic amines) is 1. The molecule has 1 N–H and O–H groups in total. The average molecular weight is 270 g/mol. The molecule has 0 unspecified atom stereocenters. The van der Waals surface area contributed by atoms with Crippen LogP contribution in [0.1, 0.15) is 40.5 Å². The van der Waals surface area contributed by atoms with Gasteiger partial charge < -0.3 is 15.0 Å². The van der Waals surface area contributed by atoms with E-state index in [0.717, 1.165) is 6.42 Å². The molecule has 0 saturated carbocycles. The van der Waals surface area contributed by atoms with Crippen LogP contribution in [-0.4, -0.2) is 47.4 Å². The first kappa shape index (κ1) is 15.5. The van der Waals surface area contributed by atoms with Gasteiger partial charge >= 0.3 is 5.97 Å². The van der Waals surface area contributed by atoms with Gasteiger partial charge in [-0.15, -0.1) is 0 Å². The predicted octanol–water partition coefficient (Wildman–Crippen LogP) is 0.454. The van der Waals surface area contributed by atoms with Gasteiger partial charge in [0.15, 0.2) is 0 Å². The molecule has 1 heterocycles. The molecule has 0 radical (unpaired) electrons. The monoisotopic (exact) mass is 270 g/mol. The Balaban J connectivity index is 2.67. The quantitative estimate of drug-likeness (QED) is 0.753. The number of nitrogens with zero attached hydrogens (tertiary/aromatic N) is 1. The van der Waals surface area contributed by atoms with Crippen LogP contribution in [0.15, 0.2) is 0 Å². The van der Waals surface area contributed by atoms with Crippen molar-refractivity contribution in [2.24, 2.45) is 0 Å². The lowest BCUT2D eigenvalue weighted by molar-refractivity contribution is -0.157. The Bertz CT molecular complexity index is 368. The van der Waals surface area contributed by atoms with Crippen molar-refractivity contribution in [1.29, 1.82) is 0 Å². The molecule has 0 aromatic heterocycles. The molecular formula is C13H22N2O4. The minimum atomic E-state index is -0.620. The Morgan fingerprint density at radius 1 is 1.26 bits per heavy atom. The van der Waals surface area contributed by atoms with E-state index in [9.17, 15) is 14.4 Å². The largest absolute Gasteiger partial charge is 0.461 e. The SMILES string of the molecule is CC(=O)N[C@@H](C)C(=O)N1CCC[C@H]1C(=O)OC(C)C. The van der Waals surface area contributed by atoms with E-state index in [2.05, 4.69) is 5.32 Å². The molecule has 0 spiro atoms. The number of hydrogen-bond donors (Lipinski definition) is 1. The summed E-state index contributed by atoms with van der Waals surface area (Å²) < 4.78 is 5.16. The fourth-order valence-electron chi connectivity index (χ4n) is 2.20. The minimum absolute atomic E-state index is 0.196. The normalized spacial score (nSPS) is 20.3. The van der Waals surface area contributed by atoms with Crippen molar-refractivity contribution in [1.82, 2.24) is 10.2 Å².